The first-order valence-corrected chi connectivity index (χ1v) is 10.6. The van der Waals surface area contributed by atoms with Crippen molar-refractivity contribution in [3.63, 3.8) is 0 Å². The molecule has 6 nitrogen and oxygen atoms in total. The Morgan fingerprint density at radius 2 is 2.00 bits per heavy atom. The molecule has 1 amide bonds. The van der Waals surface area contributed by atoms with Gasteiger partial charge < -0.3 is 9.72 Å². The second-order valence-electron chi connectivity index (χ2n) is 5.95. The van der Waals surface area contributed by atoms with E-state index < -0.39 is 6.23 Å². The first-order valence-electron chi connectivity index (χ1n) is 8.39. The third-order valence-electron chi connectivity index (χ3n) is 4.11. The highest BCUT2D eigenvalue weighted by atomic mass is 32.2. The van der Waals surface area contributed by atoms with Gasteiger partial charge in [-0.25, -0.2) is 4.98 Å². The van der Waals surface area contributed by atoms with Crippen molar-refractivity contribution in [3.05, 3.63) is 54.1 Å². The zero-order valence-electron chi connectivity index (χ0n) is 14.9. The first kappa shape index (κ1) is 17.9. The predicted octanol–water partition coefficient (Wildman–Crippen LogP) is 4.27. The molecule has 138 valence electrons. The Morgan fingerprint density at radius 1 is 1.22 bits per heavy atom. The highest BCUT2D eigenvalue weighted by molar-refractivity contribution is 7.99. The lowest BCUT2D eigenvalue weighted by molar-refractivity contribution is -0.135. The smallest absolute Gasteiger partial charge is 0.243 e. The number of amides is 1. The number of nitrogens with one attached hydrogen (secondary N) is 1. The summed E-state index contributed by atoms with van der Waals surface area (Å²) in [6, 6.07) is 15.9. The fourth-order valence-electron chi connectivity index (χ4n) is 2.78. The van der Waals surface area contributed by atoms with Crippen molar-refractivity contribution in [2.75, 3.05) is 12.0 Å². The number of carbonyl (C=O) groups excluding carboxylic acids is 1. The normalized spacial score (nSPS) is 16.4. The summed E-state index contributed by atoms with van der Waals surface area (Å²) in [5.41, 5.74) is 2.81. The summed E-state index contributed by atoms with van der Waals surface area (Å²) in [5, 5.41) is 6.55. The minimum absolute atomic E-state index is 0.155. The van der Waals surface area contributed by atoms with Crippen LogP contribution in [0.15, 0.2) is 63.7 Å². The Morgan fingerprint density at radius 3 is 2.70 bits per heavy atom. The zero-order valence-corrected chi connectivity index (χ0v) is 16.5. The second-order valence-corrected chi connectivity index (χ2v) is 7.79. The van der Waals surface area contributed by atoms with E-state index >= 15 is 0 Å². The maximum Gasteiger partial charge on any atom is 0.243 e. The van der Waals surface area contributed by atoms with Gasteiger partial charge in [-0.3, -0.25) is 4.79 Å². The number of thioether (sulfide) groups is 2. The summed E-state index contributed by atoms with van der Waals surface area (Å²) in [4.78, 5) is 21.0. The lowest BCUT2D eigenvalue weighted by Crippen LogP contribution is -2.25. The molecular formula is C19H18N4O2S2. The van der Waals surface area contributed by atoms with Gasteiger partial charge in [0.1, 0.15) is 0 Å². The van der Waals surface area contributed by atoms with Gasteiger partial charge in [0.2, 0.25) is 18.0 Å². The van der Waals surface area contributed by atoms with E-state index in [2.05, 4.69) is 15.1 Å². The molecule has 27 heavy (non-hydrogen) atoms. The standard InChI is InChI=1S/C19H18N4O2S2/c1-12(24)23-18(13-7-9-14(26-2)10-8-13)25-17(22-23)11-27-19-20-15-5-3-4-6-16(15)21-19/h3-10,18H,11H2,1-2H3,(H,20,21)/t18-/m1/s1. The number of rotatable bonds is 5. The summed E-state index contributed by atoms with van der Waals surface area (Å²) in [6.45, 7) is 1.49. The van der Waals surface area contributed by atoms with Gasteiger partial charge in [0.25, 0.3) is 0 Å². The van der Waals surface area contributed by atoms with Gasteiger partial charge in [0, 0.05) is 17.4 Å². The van der Waals surface area contributed by atoms with Crippen LogP contribution >= 0.6 is 23.5 Å². The van der Waals surface area contributed by atoms with Crippen molar-refractivity contribution in [2.24, 2.45) is 5.10 Å². The number of nitrogens with zero attached hydrogens (tertiary/aromatic N) is 3. The molecule has 1 aliphatic heterocycles. The van der Waals surface area contributed by atoms with Crippen LogP contribution in [0.3, 0.4) is 0 Å². The van der Waals surface area contributed by atoms with E-state index in [9.17, 15) is 4.79 Å². The summed E-state index contributed by atoms with van der Waals surface area (Å²) in [5.74, 6) is 0.843. The van der Waals surface area contributed by atoms with Crippen molar-refractivity contribution in [2.45, 2.75) is 23.2 Å². The Kier molecular flexibility index (Phi) is 5.09. The molecule has 2 aromatic carbocycles. The van der Waals surface area contributed by atoms with Crippen LogP contribution in [0, 0.1) is 0 Å². The molecule has 1 N–H and O–H groups in total. The quantitative estimate of drug-likeness (QED) is 0.650. The van der Waals surface area contributed by atoms with E-state index in [1.54, 1.807) is 11.8 Å². The van der Waals surface area contributed by atoms with Crippen molar-refractivity contribution in [1.29, 1.82) is 0 Å². The largest absolute Gasteiger partial charge is 0.449 e. The number of H-pyrrole nitrogens is 1. The first-order chi connectivity index (χ1) is 13.1. The number of ether oxygens (including phenoxy) is 1. The number of aromatic nitrogens is 2. The topological polar surface area (TPSA) is 70.6 Å². The fraction of sp³-hybridized carbons (Fsp3) is 0.211. The van der Waals surface area contributed by atoms with Crippen LogP contribution in [0.5, 0.6) is 0 Å². The number of carbonyl (C=O) groups is 1. The molecular weight excluding hydrogens is 380 g/mol. The van der Waals surface area contributed by atoms with Crippen LogP contribution in [-0.2, 0) is 9.53 Å². The minimum Gasteiger partial charge on any atom is -0.449 e. The third-order valence-corrected chi connectivity index (χ3v) is 5.71. The molecule has 3 aromatic rings. The van der Waals surface area contributed by atoms with Crippen LogP contribution in [0.1, 0.15) is 18.7 Å². The minimum atomic E-state index is -0.523. The molecule has 0 saturated carbocycles. The third kappa shape index (κ3) is 3.81. The molecule has 4 rings (SSSR count). The summed E-state index contributed by atoms with van der Waals surface area (Å²) >= 11 is 3.17. The molecule has 1 aliphatic rings. The van der Waals surface area contributed by atoms with Gasteiger partial charge in [0.15, 0.2) is 5.16 Å². The van der Waals surface area contributed by atoms with Crippen LogP contribution in [0.2, 0.25) is 0 Å². The van der Waals surface area contributed by atoms with Gasteiger partial charge in [-0.1, -0.05) is 36.0 Å². The van der Waals surface area contributed by atoms with Crippen molar-refractivity contribution >= 4 is 46.4 Å². The average Bonchev–Trinajstić information content (AvgIpc) is 3.30. The number of fused-ring (bicyclic) bond motifs is 1. The number of hydrogen-bond acceptors (Lipinski definition) is 6. The Balaban J connectivity index is 1.47. The molecule has 0 unspecified atom stereocenters. The molecule has 0 radical (unpaired) electrons. The maximum atomic E-state index is 12.0. The van der Waals surface area contributed by atoms with Gasteiger partial charge >= 0.3 is 0 Å². The zero-order chi connectivity index (χ0) is 18.8. The van der Waals surface area contributed by atoms with Crippen LogP contribution in [0.25, 0.3) is 11.0 Å². The number of aromatic amines is 1. The lowest BCUT2D eigenvalue weighted by Gasteiger charge is -2.19. The van der Waals surface area contributed by atoms with Crippen LogP contribution in [0.4, 0.5) is 0 Å². The highest BCUT2D eigenvalue weighted by Crippen LogP contribution is 2.31. The predicted molar refractivity (Wildman–Crippen MR) is 109 cm³/mol. The number of hydrogen-bond donors (Lipinski definition) is 1. The van der Waals surface area contributed by atoms with E-state index in [1.165, 1.54) is 23.7 Å². The second kappa shape index (κ2) is 7.66. The van der Waals surface area contributed by atoms with Crippen LogP contribution < -0.4 is 0 Å². The number of imidazole rings is 1. The molecule has 0 saturated heterocycles. The number of hydrazone groups is 1. The molecule has 2 heterocycles. The summed E-state index contributed by atoms with van der Waals surface area (Å²) in [7, 11) is 0. The molecule has 0 fully saturated rings. The van der Waals surface area contributed by atoms with E-state index in [-0.39, 0.29) is 5.91 Å². The van der Waals surface area contributed by atoms with Crippen molar-refractivity contribution in [3.8, 4) is 0 Å². The SMILES string of the molecule is CSc1ccc([C@H]2OC(CSc3nc4ccccc4[nH]3)=NN2C(C)=O)cc1. The summed E-state index contributed by atoms with van der Waals surface area (Å²) in [6.07, 6.45) is 1.50. The van der Waals surface area contributed by atoms with Crippen molar-refractivity contribution in [1.82, 2.24) is 15.0 Å². The molecule has 0 bridgehead atoms. The Labute approximate surface area is 165 Å². The molecule has 1 atom stereocenters. The monoisotopic (exact) mass is 398 g/mol. The maximum absolute atomic E-state index is 12.0. The van der Waals surface area contributed by atoms with Gasteiger partial charge in [0.05, 0.1) is 16.8 Å². The average molecular weight is 399 g/mol. The number of para-hydroxylation sites is 2. The van der Waals surface area contributed by atoms with Crippen molar-refractivity contribution < 1.29 is 9.53 Å². The Bertz CT molecular complexity index is 967. The molecule has 0 aliphatic carbocycles. The van der Waals surface area contributed by atoms with E-state index in [1.807, 2.05) is 54.8 Å². The Hall–Kier alpha value is -2.45. The van der Waals surface area contributed by atoms with Gasteiger partial charge in [-0.05, 0) is 30.5 Å². The van der Waals surface area contributed by atoms with E-state index in [4.69, 9.17) is 4.74 Å². The summed E-state index contributed by atoms with van der Waals surface area (Å²) < 4.78 is 5.98. The lowest BCUT2D eigenvalue weighted by atomic mass is 10.2. The van der Waals surface area contributed by atoms with Gasteiger partial charge in [-0.15, -0.1) is 16.9 Å². The van der Waals surface area contributed by atoms with Crippen LogP contribution in [-0.4, -0.2) is 38.8 Å². The van der Waals surface area contributed by atoms with E-state index in [0.717, 1.165) is 26.6 Å². The highest BCUT2D eigenvalue weighted by Gasteiger charge is 2.32. The molecule has 8 heteroatoms. The number of benzene rings is 2. The fourth-order valence-corrected chi connectivity index (χ4v) is 3.92. The molecule has 0 spiro atoms. The van der Waals surface area contributed by atoms with Gasteiger partial charge in [-0.2, -0.15) is 5.01 Å². The van der Waals surface area contributed by atoms with E-state index in [0.29, 0.717) is 11.7 Å². The molecule has 1 aromatic heterocycles.